The molecular formula is C18H18N2O. The Balaban J connectivity index is 1.86. The van der Waals surface area contributed by atoms with Crippen LogP contribution in [0.5, 0.6) is 0 Å². The monoisotopic (exact) mass is 278 g/mol. The number of hydrogen-bond donors (Lipinski definition) is 2. The first-order valence-electron chi connectivity index (χ1n) is 6.84. The van der Waals surface area contributed by atoms with Gasteiger partial charge in [0.2, 0.25) is 5.91 Å². The fourth-order valence-electron chi connectivity index (χ4n) is 2.02. The van der Waals surface area contributed by atoms with Crippen LogP contribution >= 0.6 is 0 Å². The molecule has 0 aliphatic heterocycles. The minimum Gasteiger partial charge on any atom is -0.376 e. The van der Waals surface area contributed by atoms with E-state index in [1.54, 1.807) is 0 Å². The molecule has 2 rings (SSSR count). The predicted molar refractivity (Wildman–Crippen MR) is 85.9 cm³/mol. The molecule has 0 spiro atoms. The molecule has 0 radical (unpaired) electrons. The van der Waals surface area contributed by atoms with Gasteiger partial charge < -0.3 is 10.6 Å². The molecule has 0 unspecified atom stereocenters. The highest BCUT2D eigenvalue weighted by atomic mass is 16.1. The number of anilines is 1. The second kappa shape index (κ2) is 7.16. The lowest BCUT2D eigenvalue weighted by atomic mass is 10.1. The summed E-state index contributed by atoms with van der Waals surface area (Å²) in [5.74, 6) is 2.51. The zero-order chi connectivity index (χ0) is 15.1. The first-order valence-corrected chi connectivity index (χ1v) is 6.84. The fourth-order valence-corrected chi connectivity index (χ4v) is 2.02. The molecular weight excluding hydrogens is 260 g/mol. The van der Waals surface area contributed by atoms with Crippen molar-refractivity contribution in [3.05, 3.63) is 65.7 Å². The molecule has 0 fully saturated rings. The van der Waals surface area contributed by atoms with E-state index in [4.69, 9.17) is 6.42 Å². The van der Waals surface area contributed by atoms with Gasteiger partial charge in [0.1, 0.15) is 0 Å². The molecule has 0 bridgehead atoms. The summed E-state index contributed by atoms with van der Waals surface area (Å²) in [7, 11) is 0. The van der Waals surface area contributed by atoms with Gasteiger partial charge in [-0.2, -0.15) is 0 Å². The van der Waals surface area contributed by atoms with E-state index in [1.165, 1.54) is 0 Å². The first kappa shape index (κ1) is 14.7. The van der Waals surface area contributed by atoms with Crippen molar-refractivity contribution in [1.82, 2.24) is 5.32 Å². The van der Waals surface area contributed by atoms with Crippen molar-refractivity contribution in [3.8, 4) is 12.3 Å². The number of carbonyl (C=O) groups excluding carboxylic acids is 1. The average Bonchev–Trinajstić information content (AvgIpc) is 2.54. The normalized spacial score (nSPS) is 11.2. The molecule has 0 aromatic heterocycles. The summed E-state index contributed by atoms with van der Waals surface area (Å²) in [4.78, 5) is 11.9. The van der Waals surface area contributed by atoms with Crippen molar-refractivity contribution in [1.29, 1.82) is 0 Å². The Morgan fingerprint density at radius 1 is 1.19 bits per heavy atom. The van der Waals surface area contributed by atoms with Gasteiger partial charge in [-0.3, -0.25) is 4.79 Å². The third-order valence-electron chi connectivity index (χ3n) is 3.16. The molecule has 2 aromatic rings. The second-order valence-corrected chi connectivity index (χ2v) is 4.78. The molecule has 21 heavy (non-hydrogen) atoms. The van der Waals surface area contributed by atoms with Crippen LogP contribution in [-0.2, 0) is 4.79 Å². The molecule has 3 heteroatoms. The van der Waals surface area contributed by atoms with Crippen LogP contribution in [0.15, 0.2) is 54.6 Å². The maximum Gasteiger partial charge on any atom is 0.239 e. The number of benzene rings is 2. The average molecular weight is 278 g/mol. The van der Waals surface area contributed by atoms with Crippen LogP contribution in [-0.4, -0.2) is 12.5 Å². The molecule has 1 amide bonds. The predicted octanol–water partition coefficient (Wildman–Crippen LogP) is 2.96. The van der Waals surface area contributed by atoms with Gasteiger partial charge in [0.05, 0.1) is 12.6 Å². The maximum atomic E-state index is 11.9. The number of hydrogen-bond acceptors (Lipinski definition) is 2. The smallest absolute Gasteiger partial charge is 0.239 e. The Labute approximate surface area is 125 Å². The van der Waals surface area contributed by atoms with Gasteiger partial charge in [0.15, 0.2) is 0 Å². The quantitative estimate of drug-likeness (QED) is 0.826. The lowest BCUT2D eigenvalue weighted by molar-refractivity contribution is -0.120. The topological polar surface area (TPSA) is 41.1 Å². The van der Waals surface area contributed by atoms with Crippen LogP contribution in [0.4, 0.5) is 5.69 Å². The summed E-state index contributed by atoms with van der Waals surface area (Å²) in [6, 6.07) is 17.3. The molecule has 106 valence electrons. The minimum atomic E-state index is -0.0579. The van der Waals surface area contributed by atoms with Gasteiger partial charge in [-0.1, -0.05) is 42.3 Å². The summed E-state index contributed by atoms with van der Waals surface area (Å²) >= 11 is 0. The highest BCUT2D eigenvalue weighted by Gasteiger charge is 2.08. The molecule has 3 nitrogen and oxygen atoms in total. The van der Waals surface area contributed by atoms with E-state index in [2.05, 4.69) is 16.6 Å². The number of rotatable bonds is 5. The van der Waals surface area contributed by atoms with Crippen molar-refractivity contribution in [2.45, 2.75) is 13.0 Å². The number of nitrogens with one attached hydrogen (secondary N) is 2. The van der Waals surface area contributed by atoms with Crippen LogP contribution in [0.1, 0.15) is 24.1 Å². The Bertz CT molecular complexity index is 644. The highest BCUT2D eigenvalue weighted by Crippen LogP contribution is 2.11. The number of carbonyl (C=O) groups is 1. The Morgan fingerprint density at radius 3 is 2.67 bits per heavy atom. The molecule has 0 saturated heterocycles. The minimum absolute atomic E-state index is 0.0162. The molecule has 0 heterocycles. The van der Waals surface area contributed by atoms with Crippen LogP contribution in [0, 0.1) is 12.3 Å². The zero-order valence-corrected chi connectivity index (χ0v) is 12.0. The number of terminal acetylenes is 1. The molecule has 1 atom stereocenters. The van der Waals surface area contributed by atoms with Crippen molar-refractivity contribution in [2.75, 3.05) is 11.9 Å². The van der Waals surface area contributed by atoms with E-state index in [0.29, 0.717) is 0 Å². The van der Waals surface area contributed by atoms with Gasteiger partial charge >= 0.3 is 0 Å². The maximum absolute atomic E-state index is 11.9. The van der Waals surface area contributed by atoms with E-state index >= 15 is 0 Å². The number of amides is 1. The van der Waals surface area contributed by atoms with E-state index in [0.717, 1.165) is 16.8 Å². The van der Waals surface area contributed by atoms with Crippen LogP contribution in [0.25, 0.3) is 0 Å². The summed E-state index contributed by atoms with van der Waals surface area (Å²) in [5.41, 5.74) is 2.71. The molecule has 0 saturated carbocycles. The summed E-state index contributed by atoms with van der Waals surface area (Å²) in [6.45, 7) is 2.18. The summed E-state index contributed by atoms with van der Waals surface area (Å²) < 4.78 is 0. The van der Waals surface area contributed by atoms with Gasteiger partial charge in [-0.25, -0.2) is 0 Å². The Morgan fingerprint density at radius 2 is 1.95 bits per heavy atom. The van der Waals surface area contributed by atoms with Crippen molar-refractivity contribution < 1.29 is 4.79 Å². The Hall–Kier alpha value is -2.73. The molecule has 2 aromatic carbocycles. The lowest BCUT2D eigenvalue weighted by Gasteiger charge is -2.15. The summed E-state index contributed by atoms with van der Waals surface area (Å²) in [6.07, 6.45) is 5.35. The second-order valence-electron chi connectivity index (χ2n) is 4.78. The van der Waals surface area contributed by atoms with Crippen molar-refractivity contribution >= 4 is 11.6 Å². The highest BCUT2D eigenvalue weighted by molar-refractivity contribution is 5.81. The third kappa shape index (κ3) is 4.39. The van der Waals surface area contributed by atoms with Crippen LogP contribution < -0.4 is 10.6 Å². The third-order valence-corrected chi connectivity index (χ3v) is 3.16. The lowest BCUT2D eigenvalue weighted by Crippen LogP contribution is -2.32. The fraction of sp³-hybridized carbons (Fsp3) is 0.167. The molecule has 2 N–H and O–H groups in total. The van der Waals surface area contributed by atoms with Gasteiger partial charge in [0.25, 0.3) is 0 Å². The van der Waals surface area contributed by atoms with E-state index in [9.17, 15) is 4.79 Å². The molecule has 0 aliphatic rings. The Kier molecular flexibility index (Phi) is 5.00. The van der Waals surface area contributed by atoms with Gasteiger partial charge in [-0.15, -0.1) is 6.42 Å². The standard InChI is InChI=1S/C18H18N2O/c1-3-15-8-7-11-17(12-15)19-13-18(21)20-14(2)16-9-5-4-6-10-16/h1,4-12,14,19H,13H2,2H3,(H,20,21)/t14-/m1/s1. The van der Waals surface area contributed by atoms with Crippen molar-refractivity contribution in [2.24, 2.45) is 0 Å². The van der Waals surface area contributed by atoms with Gasteiger partial charge in [-0.05, 0) is 30.7 Å². The summed E-state index contributed by atoms with van der Waals surface area (Å²) in [5, 5.41) is 6.02. The van der Waals surface area contributed by atoms with Crippen LogP contribution in [0.3, 0.4) is 0 Å². The van der Waals surface area contributed by atoms with E-state index < -0.39 is 0 Å². The van der Waals surface area contributed by atoms with Gasteiger partial charge in [0, 0.05) is 11.3 Å². The zero-order valence-electron chi connectivity index (χ0n) is 12.0. The van der Waals surface area contributed by atoms with Crippen LogP contribution in [0.2, 0.25) is 0 Å². The van der Waals surface area contributed by atoms with E-state index in [1.807, 2.05) is 61.5 Å². The molecule has 0 aliphatic carbocycles. The van der Waals surface area contributed by atoms with Crippen molar-refractivity contribution in [3.63, 3.8) is 0 Å². The first-order chi connectivity index (χ1) is 10.2. The largest absolute Gasteiger partial charge is 0.376 e. The van der Waals surface area contributed by atoms with E-state index in [-0.39, 0.29) is 18.5 Å². The SMILES string of the molecule is C#Cc1cccc(NCC(=O)N[C@H](C)c2ccccc2)c1.